The van der Waals surface area contributed by atoms with Crippen molar-refractivity contribution in [1.82, 2.24) is 24.1 Å². The summed E-state index contributed by atoms with van der Waals surface area (Å²) < 4.78 is 11.9. The average Bonchev–Trinajstić information content (AvgIpc) is 3.95. The first-order valence-corrected chi connectivity index (χ1v) is 19.1. The molecule has 0 amide bonds. The third-order valence-electron chi connectivity index (χ3n) is 11.2. The zero-order valence-electron chi connectivity index (χ0n) is 30.5. The fraction of sp³-hybridized carbons (Fsp3) is 0. The Balaban J connectivity index is 1.20. The lowest BCUT2D eigenvalue weighted by atomic mass is 10.1. The molecule has 0 unspecified atom stereocenters. The maximum Gasteiger partial charge on any atom is 0.167 e. The van der Waals surface area contributed by atoms with Gasteiger partial charge in [-0.2, -0.15) is 0 Å². The quantitative estimate of drug-likeness (QED) is 0.177. The van der Waals surface area contributed by atoms with E-state index in [1.165, 1.54) is 21.5 Å². The predicted octanol–water partition coefficient (Wildman–Crippen LogP) is 13.0. The smallest absolute Gasteiger partial charge is 0.167 e. The molecule has 0 aliphatic heterocycles. The standard InChI is InChI=1S/C51H31N5O/c1-3-16-32(17-4-1)49-52-50(33-18-5-2-6-19-33)54-51(53-49)40-25-15-24-39-41-30-34(55-42-26-11-7-20-35(42)36-21-8-12-27-43(36)55)31-46(48(41)57-47(39)40)56-44-28-13-9-22-37(44)38-23-10-14-29-45(38)56/h1-31H. The van der Waals surface area contributed by atoms with Gasteiger partial charge < -0.3 is 13.6 Å². The molecule has 266 valence electrons. The molecule has 0 spiro atoms. The molecule has 6 nitrogen and oxygen atoms in total. The summed E-state index contributed by atoms with van der Waals surface area (Å²) >= 11 is 0. The minimum atomic E-state index is 0.549. The highest BCUT2D eigenvalue weighted by Gasteiger charge is 2.23. The van der Waals surface area contributed by atoms with E-state index in [4.69, 9.17) is 19.4 Å². The fourth-order valence-corrected chi connectivity index (χ4v) is 8.65. The van der Waals surface area contributed by atoms with Crippen LogP contribution in [0.3, 0.4) is 0 Å². The van der Waals surface area contributed by atoms with Gasteiger partial charge in [-0.25, -0.2) is 15.0 Å². The van der Waals surface area contributed by atoms with Crippen molar-refractivity contribution in [2.75, 3.05) is 0 Å². The van der Waals surface area contributed by atoms with Crippen LogP contribution in [0.2, 0.25) is 0 Å². The van der Waals surface area contributed by atoms with Gasteiger partial charge in [0.15, 0.2) is 23.1 Å². The van der Waals surface area contributed by atoms with Gasteiger partial charge in [-0.05, 0) is 42.5 Å². The summed E-state index contributed by atoms with van der Waals surface area (Å²) in [6.45, 7) is 0. The summed E-state index contributed by atoms with van der Waals surface area (Å²) in [5.41, 5.74) is 10.6. The number of furan rings is 1. The Hall–Kier alpha value is -7.83. The van der Waals surface area contributed by atoms with Crippen LogP contribution in [0.5, 0.6) is 0 Å². The molecule has 6 heteroatoms. The van der Waals surface area contributed by atoms with Gasteiger partial charge in [0, 0.05) is 49.1 Å². The number of hydrogen-bond acceptors (Lipinski definition) is 4. The molecule has 0 aliphatic carbocycles. The number of aromatic nitrogens is 5. The van der Waals surface area contributed by atoms with E-state index in [2.05, 4.69) is 137 Å². The Bertz CT molecular complexity index is 3360. The van der Waals surface area contributed by atoms with Crippen molar-refractivity contribution in [3.8, 4) is 45.5 Å². The van der Waals surface area contributed by atoms with Gasteiger partial charge in [0.2, 0.25) is 0 Å². The van der Waals surface area contributed by atoms with Crippen molar-refractivity contribution in [2.24, 2.45) is 0 Å². The van der Waals surface area contributed by atoms with E-state index in [0.717, 1.165) is 72.1 Å². The van der Waals surface area contributed by atoms with Crippen LogP contribution >= 0.6 is 0 Å². The van der Waals surface area contributed by atoms with Gasteiger partial charge in [0.05, 0.1) is 33.3 Å². The van der Waals surface area contributed by atoms with Crippen molar-refractivity contribution >= 4 is 65.6 Å². The first kappa shape index (κ1) is 31.5. The van der Waals surface area contributed by atoms with E-state index in [-0.39, 0.29) is 0 Å². The highest BCUT2D eigenvalue weighted by atomic mass is 16.3. The molecule has 4 aromatic heterocycles. The summed E-state index contributed by atoms with van der Waals surface area (Å²) in [4.78, 5) is 15.2. The molecule has 0 atom stereocenters. The van der Waals surface area contributed by atoms with Crippen LogP contribution in [-0.2, 0) is 0 Å². The molecular weight excluding hydrogens is 699 g/mol. The molecule has 12 rings (SSSR count). The van der Waals surface area contributed by atoms with Crippen molar-refractivity contribution in [1.29, 1.82) is 0 Å². The van der Waals surface area contributed by atoms with Crippen molar-refractivity contribution in [3.63, 3.8) is 0 Å². The van der Waals surface area contributed by atoms with Gasteiger partial charge >= 0.3 is 0 Å². The topological polar surface area (TPSA) is 61.7 Å². The van der Waals surface area contributed by atoms with Crippen LogP contribution in [0.25, 0.3) is 111 Å². The second-order valence-corrected chi connectivity index (χ2v) is 14.4. The second-order valence-electron chi connectivity index (χ2n) is 14.4. The summed E-state index contributed by atoms with van der Waals surface area (Å²) in [5, 5.41) is 6.78. The summed E-state index contributed by atoms with van der Waals surface area (Å²) in [6, 6.07) is 65.5. The lowest BCUT2D eigenvalue weighted by molar-refractivity contribution is 0.667. The molecule has 0 N–H and O–H groups in total. The highest BCUT2D eigenvalue weighted by molar-refractivity contribution is 6.16. The number of para-hydroxylation sites is 5. The molecule has 0 aliphatic rings. The average molecular weight is 730 g/mol. The fourth-order valence-electron chi connectivity index (χ4n) is 8.65. The first-order chi connectivity index (χ1) is 28.3. The molecule has 57 heavy (non-hydrogen) atoms. The molecule has 4 heterocycles. The van der Waals surface area contributed by atoms with Crippen molar-refractivity contribution in [3.05, 3.63) is 188 Å². The molecule has 0 saturated carbocycles. The monoisotopic (exact) mass is 729 g/mol. The molecule has 0 fully saturated rings. The van der Waals surface area contributed by atoms with Gasteiger partial charge in [-0.1, -0.05) is 146 Å². The van der Waals surface area contributed by atoms with Crippen LogP contribution < -0.4 is 0 Å². The largest absolute Gasteiger partial charge is 0.453 e. The van der Waals surface area contributed by atoms with E-state index in [9.17, 15) is 0 Å². The maximum absolute atomic E-state index is 7.20. The molecule has 0 bridgehead atoms. The lowest BCUT2D eigenvalue weighted by Gasteiger charge is -2.14. The van der Waals surface area contributed by atoms with Crippen LogP contribution in [0.15, 0.2) is 192 Å². The zero-order valence-corrected chi connectivity index (χ0v) is 30.5. The SMILES string of the molecule is c1ccc(-c2nc(-c3ccccc3)nc(-c3cccc4c3oc3c(-n5c6ccccc6c6ccccc65)cc(-n5c6ccccc6c6ccccc65)cc34)n2)cc1. The molecule has 12 aromatic rings. The van der Waals surface area contributed by atoms with E-state index in [1.807, 2.05) is 60.7 Å². The van der Waals surface area contributed by atoms with Gasteiger partial charge in [-0.15, -0.1) is 0 Å². The van der Waals surface area contributed by atoms with Gasteiger partial charge in [0.1, 0.15) is 5.58 Å². The number of rotatable bonds is 5. The minimum absolute atomic E-state index is 0.549. The summed E-state index contributed by atoms with van der Waals surface area (Å²) in [5.74, 6) is 1.76. The maximum atomic E-state index is 7.20. The molecule has 8 aromatic carbocycles. The minimum Gasteiger partial charge on any atom is -0.453 e. The van der Waals surface area contributed by atoms with Crippen LogP contribution in [-0.4, -0.2) is 24.1 Å². The molecule has 0 radical (unpaired) electrons. The van der Waals surface area contributed by atoms with E-state index < -0.39 is 0 Å². The van der Waals surface area contributed by atoms with Crippen LogP contribution in [0, 0.1) is 0 Å². The van der Waals surface area contributed by atoms with Crippen molar-refractivity contribution in [2.45, 2.75) is 0 Å². The van der Waals surface area contributed by atoms with E-state index in [1.54, 1.807) is 0 Å². The van der Waals surface area contributed by atoms with Gasteiger partial charge in [0.25, 0.3) is 0 Å². The van der Waals surface area contributed by atoms with E-state index >= 15 is 0 Å². The zero-order chi connectivity index (χ0) is 37.5. The third kappa shape index (κ3) is 4.81. The second kappa shape index (κ2) is 12.3. The number of nitrogens with zero attached hydrogens (tertiary/aromatic N) is 5. The van der Waals surface area contributed by atoms with E-state index in [0.29, 0.717) is 17.5 Å². The lowest BCUT2D eigenvalue weighted by Crippen LogP contribution is -2.00. The number of hydrogen-bond donors (Lipinski definition) is 0. The number of benzene rings is 8. The Morgan fingerprint density at radius 1 is 0.333 bits per heavy atom. The summed E-state index contributed by atoms with van der Waals surface area (Å²) in [6.07, 6.45) is 0. The molecule has 0 saturated heterocycles. The summed E-state index contributed by atoms with van der Waals surface area (Å²) in [7, 11) is 0. The first-order valence-electron chi connectivity index (χ1n) is 19.1. The normalized spacial score (nSPS) is 11.9. The number of fused-ring (bicyclic) bond motifs is 9. The predicted molar refractivity (Wildman–Crippen MR) is 232 cm³/mol. The Morgan fingerprint density at radius 3 is 1.30 bits per heavy atom. The third-order valence-corrected chi connectivity index (χ3v) is 11.2. The molecular formula is C51H31N5O. The van der Waals surface area contributed by atoms with Crippen LogP contribution in [0.1, 0.15) is 0 Å². The van der Waals surface area contributed by atoms with Crippen molar-refractivity contribution < 1.29 is 4.42 Å². The van der Waals surface area contributed by atoms with Crippen LogP contribution in [0.4, 0.5) is 0 Å². The van der Waals surface area contributed by atoms with Gasteiger partial charge in [-0.3, -0.25) is 0 Å². The Kier molecular flexibility index (Phi) is 6.83. The highest BCUT2D eigenvalue weighted by Crippen LogP contribution is 2.43. The Morgan fingerprint density at radius 2 is 0.772 bits per heavy atom. The Labute approximate surface area is 326 Å².